The van der Waals surface area contributed by atoms with Crippen molar-refractivity contribution < 1.29 is 18.3 Å². The number of aromatic nitrogens is 1. The second-order valence-electron chi connectivity index (χ2n) is 8.06. The summed E-state index contributed by atoms with van der Waals surface area (Å²) in [5.74, 6) is -1.24. The smallest absolute Gasteiger partial charge is 0.344 e. The van der Waals surface area contributed by atoms with Crippen LogP contribution >= 0.6 is 11.8 Å². The number of ether oxygens (including phenoxy) is 1. The minimum absolute atomic E-state index is 0.0818. The van der Waals surface area contributed by atoms with Crippen LogP contribution in [0.1, 0.15) is 41.9 Å². The molecule has 3 heterocycles. The fourth-order valence-corrected chi connectivity index (χ4v) is 5.20. The molecule has 0 bridgehead atoms. The second-order valence-corrected chi connectivity index (χ2v) is 9.23. The Morgan fingerprint density at radius 3 is 2.65 bits per heavy atom. The summed E-state index contributed by atoms with van der Waals surface area (Å²) in [5.41, 5.74) is 0.180. The van der Waals surface area contributed by atoms with Gasteiger partial charge in [-0.15, -0.1) is 0 Å². The van der Waals surface area contributed by atoms with Crippen LogP contribution in [0.3, 0.4) is 0 Å². The van der Waals surface area contributed by atoms with Crippen molar-refractivity contribution in [1.29, 1.82) is 0 Å². The Hall–Kier alpha value is -2.13. The van der Waals surface area contributed by atoms with Crippen molar-refractivity contribution in [2.45, 2.75) is 36.6 Å². The molecule has 0 saturated carbocycles. The lowest BCUT2D eigenvalue weighted by molar-refractivity contribution is 0.0489. The first kappa shape index (κ1) is 22.1. The van der Waals surface area contributed by atoms with Crippen LogP contribution in [0.2, 0.25) is 0 Å². The van der Waals surface area contributed by atoms with Crippen LogP contribution < -0.4 is 10.3 Å². The van der Waals surface area contributed by atoms with E-state index in [9.17, 15) is 14.0 Å². The van der Waals surface area contributed by atoms with Crippen molar-refractivity contribution in [3.05, 3.63) is 33.7 Å². The van der Waals surface area contributed by atoms with E-state index in [2.05, 4.69) is 4.90 Å². The molecule has 0 amide bonds. The van der Waals surface area contributed by atoms with Gasteiger partial charge in [-0.25, -0.2) is 13.6 Å². The molecule has 1 unspecified atom stereocenters. The van der Waals surface area contributed by atoms with E-state index in [1.165, 1.54) is 6.07 Å². The van der Waals surface area contributed by atoms with Gasteiger partial charge in [0, 0.05) is 31.6 Å². The lowest BCUT2D eigenvalue weighted by Crippen LogP contribution is -2.44. The summed E-state index contributed by atoms with van der Waals surface area (Å²) in [5, 5.41) is -0.0643. The fourth-order valence-electron chi connectivity index (χ4n) is 4.09. The van der Waals surface area contributed by atoms with Crippen molar-refractivity contribution in [3.63, 3.8) is 0 Å². The van der Waals surface area contributed by atoms with Gasteiger partial charge in [-0.1, -0.05) is 31.5 Å². The Morgan fingerprint density at radius 2 is 1.97 bits per heavy atom. The minimum atomic E-state index is -0.722. The number of fused-ring (bicyclic) bond motifs is 3. The van der Waals surface area contributed by atoms with Gasteiger partial charge in [0.25, 0.3) is 0 Å². The van der Waals surface area contributed by atoms with Crippen molar-refractivity contribution in [2.24, 2.45) is 0 Å². The third-order valence-corrected chi connectivity index (χ3v) is 7.16. The average molecular weight is 452 g/mol. The molecule has 9 heteroatoms. The van der Waals surface area contributed by atoms with E-state index >= 15 is 4.39 Å². The molecule has 31 heavy (non-hydrogen) atoms. The van der Waals surface area contributed by atoms with Gasteiger partial charge >= 0.3 is 5.97 Å². The monoisotopic (exact) mass is 451 g/mol. The number of hydrogen-bond donors (Lipinski definition) is 0. The number of nitrogens with zero attached hydrogens (tertiary/aromatic N) is 3. The molecule has 6 nitrogen and oxygen atoms in total. The van der Waals surface area contributed by atoms with E-state index in [1.807, 2.05) is 18.9 Å². The Bertz CT molecular complexity index is 1050. The number of piperazine rings is 1. The van der Waals surface area contributed by atoms with Crippen molar-refractivity contribution in [3.8, 4) is 0 Å². The van der Waals surface area contributed by atoms with Crippen LogP contribution in [0, 0.1) is 5.82 Å². The summed E-state index contributed by atoms with van der Waals surface area (Å²) >= 11 is 1.15. The third kappa shape index (κ3) is 4.05. The quantitative estimate of drug-likeness (QED) is 0.471. The number of anilines is 1. The normalized spacial score (nSPS) is 18.7. The zero-order chi connectivity index (χ0) is 22.1. The molecule has 168 valence electrons. The predicted molar refractivity (Wildman–Crippen MR) is 119 cm³/mol. The third-order valence-electron chi connectivity index (χ3n) is 5.93. The van der Waals surface area contributed by atoms with Crippen LogP contribution in [-0.2, 0) is 4.74 Å². The topological polar surface area (TPSA) is 54.8 Å². The lowest BCUT2D eigenvalue weighted by atomic mass is 10.1. The maximum Gasteiger partial charge on any atom is 0.344 e. The van der Waals surface area contributed by atoms with Crippen molar-refractivity contribution in [2.75, 3.05) is 51.4 Å². The van der Waals surface area contributed by atoms with Crippen molar-refractivity contribution in [1.82, 2.24) is 9.47 Å². The molecule has 4 rings (SSSR count). The van der Waals surface area contributed by atoms with Gasteiger partial charge in [-0.2, -0.15) is 0 Å². The van der Waals surface area contributed by atoms with Crippen LogP contribution in [-0.4, -0.2) is 61.9 Å². The van der Waals surface area contributed by atoms with Gasteiger partial charge < -0.3 is 19.1 Å². The highest BCUT2D eigenvalue weighted by atomic mass is 32.2. The lowest BCUT2D eigenvalue weighted by Gasteiger charge is -2.36. The van der Waals surface area contributed by atoms with Crippen LogP contribution in [0.15, 0.2) is 22.0 Å². The predicted octanol–water partition coefficient (Wildman–Crippen LogP) is 3.81. The number of likely N-dealkylation sites (N-methyl/N-ethyl adjacent to an activating group) is 1. The maximum absolute atomic E-state index is 15.0. The van der Waals surface area contributed by atoms with E-state index in [4.69, 9.17) is 4.74 Å². The summed E-state index contributed by atoms with van der Waals surface area (Å²) in [6, 6.07) is 2.81. The van der Waals surface area contributed by atoms with Gasteiger partial charge in [-0.3, -0.25) is 4.79 Å². The summed E-state index contributed by atoms with van der Waals surface area (Å²) < 4.78 is 35.6. The van der Waals surface area contributed by atoms with Gasteiger partial charge in [0.15, 0.2) is 0 Å². The highest BCUT2D eigenvalue weighted by molar-refractivity contribution is 8.00. The Labute approximate surface area is 184 Å². The van der Waals surface area contributed by atoms with Crippen LogP contribution in [0.25, 0.3) is 10.9 Å². The number of carbonyl (C=O) groups is 1. The molecule has 0 spiro atoms. The van der Waals surface area contributed by atoms with Gasteiger partial charge in [-0.05, 0) is 25.6 Å². The fraction of sp³-hybridized carbons (Fsp3) is 0.545. The molecule has 1 aromatic carbocycles. The molecule has 0 aliphatic carbocycles. The number of alkyl halides is 1. The molecular weight excluding hydrogens is 424 g/mol. The molecule has 2 aromatic rings. The molecule has 1 aromatic heterocycles. The van der Waals surface area contributed by atoms with Crippen LogP contribution in [0.4, 0.5) is 14.5 Å². The van der Waals surface area contributed by atoms with E-state index in [0.717, 1.165) is 37.7 Å². The zero-order valence-corrected chi connectivity index (χ0v) is 18.6. The molecule has 2 aliphatic heterocycles. The number of carbonyl (C=O) groups excluding carboxylic acids is 1. The van der Waals surface area contributed by atoms with Gasteiger partial charge in [0.2, 0.25) is 5.43 Å². The Balaban J connectivity index is 1.76. The van der Waals surface area contributed by atoms with E-state index < -0.39 is 29.3 Å². The highest BCUT2D eigenvalue weighted by Crippen LogP contribution is 2.47. The SMILES string of the molecule is CCCCCOC(=O)c1c2n(c3cc(N4CCN(C)CC4)c(F)cc3c1=O)C(CF)S2. The summed E-state index contributed by atoms with van der Waals surface area (Å²) in [7, 11) is 2.02. The van der Waals surface area contributed by atoms with Gasteiger partial charge in [0.05, 0.1) is 22.8 Å². The number of hydrogen-bond acceptors (Lipinski definition) is 6. The number of halogens is 2. The molecule has 1 atom stereocenters. The van der Waals surface area contributed by atoms with Crippen LogP contribution in [0.5, 0.6) is 0 Å². The first-order chi connectivity index (χ1) is 15.0. The second kappa shape index (κ2) is 9.16. The molecule has 1 saturated heterocycles. The summed E-state index contributed by atoms with van der Waals surface area (Å²) in [4.78, 5) is 29.9. The number of benzene rings is 1. The van der Waals surface area contributed by atoms with E-state index in [-0.39, 0.29) is 17.6 Å². The Morgan fingerprint density at radius 1 is 1.23 bits per heavy atom. The zero-order valence-electron chi connectivity index (χ0n) is 17.8. The molecule has 1 fully saturated rings. The van der Waals surface area contributed by atoms with E-state index in [0.29, 0.717) is 35.7 Å². The average Bonchev–Trinajstić information content (AvgIpc) is 2.74. The number of pyridine rings is 1. The molecular formula is C22H27F2N3O3S. The summed E-state index contributed by atoms with van der Waals surface area (Å²) in [6.07, 6.45) is 2.61. The standard InChI is InChI=1S/C22H27F2N3O3S/c1-3-4-5-10-30-22(29)19-20(28)14-11-15(24)17(26-8-6-25(2)7-9-26)12-16(14)27-18(13-23)31-21(19)27/h11-12,18H,3-10,13H2,1-2H3. The Kier molecular flexibility index (Phi) is 6.52. The first-order valence-corrected chi connectivity index (χ1v) is 11.6. The maximum atomic E-state index is 15.0. The van der Waals surface area contributed by atoms with Gasteiger partial charge in [0.1, 0.15) is 23.4 Å². The first-order valence-electron chi connectivity index (χ1n) is 10.7. The summed E-state index contributed by atoms with van der Waals surface area (Å²) in [6.45, 7) is 4.56. The minimum Gasteiger partial charge on any atom is -0.462 e. The van der Waals surface area contributed by atoms with E-state index in [1.54, 1.807) is 10.6 Å². The molecule has 0 N–H and O–H groups in total. The molecule has 2 aliphatic rings. The number of unbranched alkanes of at least 4 members (excludes halogenated alkanes) is 2. The van der Waals surface area contributed by atoms with Crippen molar-refractivity contribution >= 4 is 34.3 Å². The number of esters is 1. The largest absolute Gasteiger partial charge is 0.462 e. The number of rotatable bonds is 7. The number of thioether (sulfide) groups is 1. The molecule has 0 radical (unpaired) electrons. The highest BCUT2D eigenvalue weighted by Gasteiger charge is 2.36.